The predicted molar refractivity (Wildman–Crippen MR) is 121 cm³/mol. The lowest BCUT2D eigenvalue weighted by Gasteiger charge is -2.32. The van der Waals surface area contributed by atoms with E-state index in [1.807, 2.05) is 0 Å². The van der Waals surface area contributed by atoms with Gasteiger partial charge in [-0.3, -0.25) is 4.79 Å². The van der Waals surface area contributed by atoms with E-state index in [2.05, 4.69) is 4.72 Å². The van der Waals surface area contributed by atoms with Crippen molar-refractivity contribution in [3.05, 3.63) is 54.1 Å². The van der Waals surface area contributed by atoms with Crippen LogP contribution in [0.25, 0.3) is 0 Å². The van der Waals surface area contributed by atoms with Gasteiger partial charge in [0.1, 0.15) is 0 Å². The first-order valence-electron chi connectivity index (χ1n) is 10.7. The number of carbonyl (C=O) groups is 1. The van der Waals surface area contributed by atoms with Gasteiger partial charge in [0.25, 0.3) is 0 Å². The zero-order valence-corrected chi connectivity index (χ0v) is 19.5. The fraction of sp³-hybridized carbons (Fsp3) is 0.409. The van der Waals surface area contributed by atoms with Gasteiger partial charge in [0, 0.05) is 37.8 Å². The molecule has 0 saturated carbocycles. The molecule has 0 unspecified atom stereocenters. The summed E-state index contributed by atoms with van der Waals surface area (Å²) in [5, 5.41) is 0. The van der Waals surface area contributed by atoms with Gasteiger partial charge in [-0.1, -0.05) is 18.2 Å². The second-order valence-electron chi connectivity index (χ2n) is 8.21. The van der Waals surface area contributed by atoms with Gasteiger partial charge in [-0.05, 0) is 62.1 Å². The molecule has 172 valence electrons. The Morgan fingerprint density at radius 3 is 2.22 bits per heavy atom. The molecule has 32 heavy (non-hydrogen) atoms. The molecule has 8 nitrogen and oxygen atoms in total. The van der Waals surface area contributed by atoms with E-state index in [1.165, 1.54) is 16.4 Å². The van der Waals surface area contributed by atoms with Crippen molar-refractivity contribution in [1.82, 2.24) is 9.03 Å². The number of amides is 1. The van der Waals surface area contributed by atoms with Crippen LogP contribution in [0.15, 0.2) is 58.3 Å². The number of rotatable bonds is 6. The molecule has 0 aliphatic carbocycles. The minimum Gasteiger partial charge on any atom is -0.312 e. The summed E-state index contributed by atoms with van der Waals surface area (Å²) >= 11 is 0. The summed E-state index contributed by atoms with van der Waals surface area (Å²) in [6.07, 6.45) is 2.11. The first-order chi connectivity index (χ1) is 15.2. The third-order valence-electron chi connectivity index (χ3n) is 5.99. The minimum absolute atomic E-state index is 0.0556. The van der Waals surface area contributed by atoms with E-state index < -0.39 is 20.0 Å². The van der Waals surface area contributed by atoms with E-state index in [9.17, 15) is 21.6 Å². The van der Waals surface area contributed by atoms with Crippen molar-refractivity contribution in [2.24, 2.45) is 0 Å². The van der Waals surface area contributed by atoms with Crippen LogP contribution in [-0.4, -0.2) is 52.7 Å². The van der Waals surface area contributed by atoms with Crippen LogP contribution in [0.5, 0.6) is 0 Å². The molecule has 0 spiro atoms. The van der Waals surface area contributed by atoms with Crippen molar-refractivity contribution < 1.29 is 21.6 Å². The summed E-state index contributed by atoms with van der Waals surface area (Å²) in [6.45, 7) is 2.85. The number of anilines is 1. The highest BCUT2D eigenvalue weighted by atomic mass is 32.2. The second-order valence-corrected chi connectivity index (χ2v) is 11.8. The Balaban J connectivity index is 1.43. The standard InChI is InChI=1S/C22H27N3O5S2/c1-17-16-19(25-13-5-8-22(25)26)9-10-21(17)32(29,30)24-14-11-18(12-15-24)23-31(27,28)20-6-3-2-4-7-20/h2-4,6-7,9-10,16,18,23H,5,8,11-15H2,1H3. The molecule has 2 aromatic carbocycles. The van der Waals surface area contributed by atoms with E-state index in [4.69, 9.17) is 0 Å². The third-order valence-corrected chi connectivity index (χ3v) is 9.59. The highest BCUT2D eigenvalue weighted by Gasteiger charge is 2.32. The molecule has 0 bridgehead atoms. The molecular weight excluding hydrogens is 450 g/mol. The zero-order chi connectivity index (χ0) is 22.9. The van der Waals surface area contributed by atoms with Gasteiger partial charge in [-0.15, -0.1) is 0 Å². The van der Waals surface area contributed by atoms with Gasteiger partial charge in [0.15, 0.2) is 0 Å². The van der Waals surface area contributed by atoms with E-state index in [0.29, 0.717) is 31.4 Å². The molecule has 1 amide bonds. The fourth-order valence-electron chi connectivity index (χ4n) is 4.25. The first-order valence-corrected chi connectivity index (χ1v) is 13.6. The van der Waals surface area contributed by atoms with E-state index >= 15 is 0 Å². The Morgan fingerprint density at radius 1 is 0.938 bits per heavy atom. The maximum absolute atomic E-state index is 13.2. The van der Waals surface area contributed by atoms with Crippen LogP contribution in [0.2, 0.25) is 0 Å². The largest absolute Gasteiger partial charge is 0.312 e. The smallest absolute Gasteiger partial charge is 0.243 e. The van der Waals surface area contributed by atoms with E-state index in [1.54, 1.807) is 48.2 Å². The lowest BCUT2D eigenvalue weighted by Crippen LogP contribution is -2.46. The van der Waals surface area contributed by atoms with Crippen LogP contribution in [0.1, 0.15) is 31.2 Å². The van der Waals surface area contributed by atoms with Crippen LogP contribution in [-0.2, 0) is 24.8 Å². The highest BCUT2D eigenvalue weighted by Crippen LogP contribution is 2.29. The molecule has 2 aliphatic heterocycles. The number of nitrogens with one attached hydrogen (secondary N) is 1. The van der Waals surface area contributed by atoms with Gasteiger partial charge >= 0.3 is 0 Å². The van der Waals surface area contributed by atoms with Crippen LogP contribution < -0.4 is 9.62 Å². The molecule has 2 aliphatic rings. The first kappa shape index (κ1) is 22.9. The topological polar surface area (TPSA) is 104 Å². The van der Waals surface area contributed by atoms with Gasteiger partial charge < -0.3 is 4.90 Å². The summed E-state index contributed by atoms with van der Waals surface area (Å²) in [5.41, 5.74) is 1.31. The number of aryl methyl sites for hydroxylation is 1. The maximum Gasteiger partial charge on any atom is 0.243 e. The monoisotopic (exact) mass is 477 g/mol. The van der Waals surface area contributed by atoms with Crippen LogP contribution in [0.3, 0.4) is 0 Å². The second kappa shape index (κ2) is 8.93. The average Bonchev–Trinajstić information content (AvgIpc) is 3.20. The molecule has 10 heteroatoms. The quantitative estimate of drug-likeness (QED) is 0.687. The molecule has 2 heterocycles. The number of sulfonamides is 2. The summed E-state index contributed by atoms with van der Waals surface area (Å²) < 4.78 is 55.6. The fourth-order valence-corrected chi connectivity index (χ4v) is 7.25. The molecule has 0 radical (unpaired) electrons. The number of piperidine rings is 1. The van der Waals surface area contributed by atoms with Crippen LogP contribution >= 0.6 is 0 Å². The summed E-state index contributed by atoms with van der Waals surface area (Å²) in [7, 11) is -7.35. The number of nitrogens with zero attached hydrogens (tertiary/aromatic N) is 2. The Morgan fingerprint density at radius 2 is 1.62 bits per heavy atom. The molecular formula is C22H27N3O5S2. The summed E-state index contributed by atoms with van der Waals surface area (Å²) in [6, 6.07) is 12.8. The Hall–Kier alpha value is -2.27. The minimum atomic E-state index is -3.71. The lowest BCUT2D eigenvalue weighted by molar-refractivity contribution is -0.117. The van der Waals surface area contributed by atoms with Crippen molar-refractivity contribution in [3.63, 3.8) is 0 Å². The average molecular weight is 478 g/mol. The summed E-state index contributed by atoms with van der Waals surface area (Å²) in [4.78, 5) is 14.1. The van der Waals surface area contributed by atoms with E-state index in [0.717, 1.165) is 12.1 Å². The molecule has 1 N–H and O–H groups in total. The third kappa shape index (κ3) is 4.59. The number of hydrogen-bond donors (Lipinski definition) is 1. The van der Waals surface area contributed by atoms with Crippen molar-refractivity contribution in [3.8, 4) is 0 Å². The Kier molecular flexibility index (Phi) is 6.39. The van der Waals surface area contributed by atoms with Crippen molar-refractivity contribution in [1.29, 1.82) is 0 Å². The van der Waals surface area contributed by atoms with Gasteiger partial charge in [0.05, 0.1) is 9.79 Å². The molecule has 2 fully saturated rings. The normalized spacial score (nSPS) is 18.9. The Bertz CT molecular complexity index is 1210. The SMILES string of the molecule is Cc1cc(N2CCCC2=O)ccc1S(=O)(=O)N1CCC(NS(=O)(=O)c2ccccc2)CC1. The number of benzene rings is 2. The lowest BCUT2D eigenvalue weighted by atomic mass is 10.1. The number of hydrogen-bond acceptors (Lipinski definition) is 5. The molecule has 0 aromatic heterocycles. The van der Waals surface area contributed by atoms with Crippen molar-refractivity contribution >= 4 is 31.6 Å². The van der Waals surface area contributed by atoms with Crippen molar-refractivity contribution in [2.45, 2.75) is 48.4 Å². The molecule has 2 aromatic rings. The molecule has 4 rings (SSSR count). The van der Waals surface area contributed by atoms with Gasteiger partial charge in [-0.2, -0.15) is 4.31 Å². The van der Waals surface area contributed by atoms with Gasteiger partial charge in [-0.25, -0.2) is 21.6 Å². The maximum atomic E-state index is 13.2. The van der Waals surface area contributed by atoms with Crippen molar-refractivity contribution in [2.75, 3.05) is 24.5 Å². The predicted octanol–water partition coefficient (Wildman–Crippen LogP) is 2.25. The Labute approximate surface area is 189 Å². The zero-order valence-electron chi connectivity index (χ0n) is 17.9. The van der Waals surface area contributed by atoms with Crippen LogP contribution in [0, 0.1) is 6.92 Å². The van der Waals surface area contributed by atoms with Gasteiger partial charge in [0.2, 0.25) is 26.0 Å². The van der Waals surface area contributed by atoms with E-state index in [-0.39, 0.29) is 34.8 Å². The molecule has 0 atom stereocenters. The number of carbonyl (C=O) groups excluding carboxylic acids is 1. The summed E-state index contributed by atoms with van der Waals surface area (Å²) in [5.74, 6) is 0.0556. The highest BCUT2D eigenvalue weighted by molar-refractivity contribution is 7.89. The molecule has 2 saturated heterocycles. The van der Waals surface area contributed by atoms with Crippen LogP contribution in [0.4, 0.5) is 5.69 Å².